The van der Waals surface area contributed by atoms with Crippen LogP contribution >= 0.6 is 11.8 Å². The van der Waals surface area contributed by atoms with Gasteiger partial charge in [-0.2, -0.15) is 11.8 Å². The lowest BCUT2D eigenvalue weighted by Crippen LogP contribution is -2.34. The van der Waals surface area contributed by atoms with Crippen LogP contribution in [0.3, 0.4) is 0 Å². The van der Waals surface area contributed by atoms with Gasteiger partial charge in [-0.3, -0.25) is 0 Å². The molecule has 0 aromatic heterocycles. The smallest absolute Gasteiger partial charge is 0.339 e. The maximum absolute atomic E-state index is 12.4. The Hall–Kier alpha value is -1.05. The average Bonchev–Trinajstić information content (AvgIpc) is 2.46. The van der Waals surface area contributed by atoms with Gasteiger partial charge in [0.1, 0.15) is 0 Å². The van der Waals surface area contributed by atoms with Crippen molar-refractivity contribution in [1.29, 1.82) is 0 Å². The first-order chi connectivity index (χ1) is 9.92. The number of nitrogens with one attached hydrogen (secondary N) is 1. The Kier molecular flexibility index (Phi) is 7.21. The third kappa shape index (κ3) is 5.33. The average molecular weight is 331 g/mol. The number of esters is 1. The minimum atomic E-state index is -3.74. The Morgan fingerprint density at radius 2 is 2.05 bits per heavy atom. The molecule has 1 aromatic carbocycles. The van der Waals surface area contributed by atoms with Crippen LogP contribution in [0.2, 0.25) is 0 Å². The molecule has 1 rings (SSSR count). The molecule has 0 saturated heterocycles. The van der Waals surface area contributed by atoms with E-state index in [1.165, 1.54) is 19.2 Å². The lowest BCUT2D eigenvalue weighted by Gasteiger charge is -2.15. The molecule has 0 amide bonds. The van der Waals surface area contributed by atoms with Gasteiger partial charge in [0.25, 0.3) is 0 Å². The zero-order valence-electron chi connectivity index (χ0n) is 12.5. The van der Waals surface area contributed by atoms with Gasteiger partial charge in [-0.15, -0.1) is 0 Å². The van der Waals surface area contributed by atoms with E-state index in [1.54, 1.807) is 23.9 Å². The molecule has 1 atom stereocenters. The van der Waals surface area contributed by atoms with Crippen LogP contribution in [0, 0.1) is 0 Å². The molecule has 1 aromatic rings. The second kappa shape index (κ2) is 8.41. The molecule has 5 nitrogen and oxygen atoms in total. The second-order valence-corrected chi connectivity index (χ2v) is 7.57. The number of rotatable bonds is 8. The highest BCUT2D eigenvalue weighted by molar-refractivity contribution is 7.99. The predicted octanol–water partition coefficient (Wildman–Crippen LogP) is 2.28. The Bertz CT molecular complexity index is 572. The molecule has 0 heterocycles. The minimum Gasteiger partial charge on any atom is -0.465 e. The van der Waals surface area contributed by atoms with Gasteiger partial charge >= 0.3 is 5.97 Å². The highest BCUT2D eigenvalue weighted by Crippen LogP contribution is 2.17. The van der Waals surface area contributed by atoms with Crippen LogP contribution in [-0.2, 0) is 14.8 Å². The molecule has 0 aliphatic rings. The highest BCUT2D eigenvalue weighted by atomic mass is 32.2. The summed E-state index contributed by atoms with van der Waals surface area (Å²) in [5.74, 6) is 1.23. The topological polar surface area (TPSA) is 72.5 Å². The van der Waals surface area contributed by atoms with Crippen molar-refractivity contribution >= 4 is 27.8 Å². The summed E-state index contributed by atoms with van der Waals surface area (Å²) in [5, 5.41) is 0. The van der Waals surface area contributed by atoms with Crippen molar-refractivity contribution in [2.24, 2.45) is 0 Å². The highest BCUT2D eigenvalue weighted by Gasteiger charge is 2.23. The first-order valence-corrected chi connectivity index (χ1v) is 9.33. The molecule has 0 radical (unpaired) electrons. The normalized spacial score (nSPS) is 12.9. The number of methoxy groups -OCH3 is 1. The quantitative estimate of drug-likeness (QED) is 0.584. The summed E-state index contributed by atoms with van der Waals surface area (Å²) in [6.45, 7) is 3.88. The fourth-order valence-corrected chi connectivity index (χ4v) is 4.05. The SMILES string of the molecule is CCSCCC(C)NS(=O)(=O)c1ccccc1C(=O)OC. The first kappa shape index (κ1) is 18.0. The summed E-state index contributed by atoms with van der Waals surface area (Å²) in [6.07, 6.45) is 0.734. The number of hydrogen-bond donors (Lipinski definition) is 1. The molecular formula is C14H21NO4S2. The third-order valence-electron chi connectivity index (χ3n) is 2.84. The Morgan fingerprint density at radius 3 is 2.67 bits per heavy atom. The molecule has 21 heavy (non-hydrogen) atoms. The molecular weight excluding hydrogens is 310 g/mol. The maximum Gasteiger partial charge on any atom is 0.339 e. The molecule has 0 aliphatic carbocycles. The number of benzene rings is 1. The van der Waals surface area contributed by atoms with Crippen LogP contribution in [0.15, 0.2) is 29.2 Å². The van der Waals surface area contributed by atoms with Gasteiger partial charge in [0.15, 0.2) is 0 Å². The van der Waals surface area contributed by atoms with E-state index >= 15 is 0 Å². The summed E-state index contributed by atoms with van der Waals surface area (Å²) in [5.41, 5.74) is 0.0441. The van der Waals surface area contributed by atoms with Gasteiger partial charge in [0.2, 0.25) is 10.0 Å². The molecule has 0 saturated carbocycles. The molecule has 0 spiro atoms. The van der Waals surface area contributed by atoms with Crippen molar-refractivity contribution in [3.8, 4) is 0 Å². The fraction of sp³-hybridized carbons (Fsp3) is 0.500. The number of thioether (sulfide) groups is 1. The van der Waals surface area contributed by atoms with E-state index in [2.05, 4.69) is 16.4 Å². The van der Waals surface area contributed by atoms with Gasteiger partial charge in [0, 0.05) is 6.04 Å². The van der Waals surface area contributed by atoms with E-state index in [9.17, 15) is 13.2 Å². The fourth-order valence-electron chi connectivity index (χ4n) is 1.77. The van der Waals surface area contributed by atoms with Crippen LogP contribution in [0.5, 0.6) is 0 Å². The lowest BCUT2D eigenvalue weighted by atomic mass is 10.2. The van der Waals surface area contributed by atoms with Crippen molar-refractivity contribution in [2.45, 2.75) is 31.2 Å². The van der Waals surface area contributed by atoms with Crippen molar-refractivity contribution in [1.82, 2.24) is 4.72 Å². The molecule has 118 valence electrons. The summed E-state index contributed by atoms with van der Waals surface area (Å²) in [6, 6.07) is 5.84. The van der Waals surface area contributed by atoms with E-state index in [0.29, 0.717) is 0 Å². The van der Waals surface area contributed by atoms with E-state index in [4.69, 9.17) is 0 Å². The van der Waals surface area contributed by atoms with Gasteiger partial charge in [-0.25, -0.2) is 17.9 Å². The monoisotopic (exact) mass is 331 g/mol. The number of sulfonamides is 1. The summed E-state index contributed by atoms with van der Waals surface area (Å²) >= 11 is 1.76. The van der Waals surface area contributed by atoms with Crippen LogP contribution in [0.1, 0.15) is 30.6 Å². The molecule has 1 unspecified atom stereocenters. The van der Waals surface area contributed by atoms with Gasteiger partial charge in [-0.1, -0.05) is 19.1 Å². The first-order valence-electron chi connectivity index (χ1n) is 6.69. The third-order valence-corrected chi connectivity index (χ3v) is 5.42. The van der Waals surface area contributed by atoms with Crippen molar-refractivity contribution in [3.05, 3.63) is 29.8 Å². The lowest BCUT2D eigenvalue weighted by molar-refractivity contribution is 0.0596. The molecule has 7 heteroatoms. The van der Waals surface area contributed by atoms with Gasteiger partial charge in [0.05, 0.1) is 17.6 Å². The van der Waals surface area contributed by atoms with Gasteiger partial charge < -0.3 is 4.74 Å². The summed E-state index contributed by atoms with van der Waals surface area (Å²) < 4.78 is 32.0. The van der Waals surface area contributed by atoms with Crippen LogP contribution < -0.4 is 4.72 Å². The molecule has 0 fully saturated rings. The Morgan fingerprint density at radius 1 is 1.38 bits per heavy atom. The van der Waals surface area contributed by atoms with E-state index in [0.717, 1.165) is 17.9 Å². The Balaban J connectivity index is 2.90. The maximum atomic E-state index is 12.4. The molecule has 1 N–H and O–H groups in total. The van der Waals surface area contributed by atoms with Crippen LogP contribution in [0.4, 0.5) is 0 Å². The zero-order chi connectivity index (χ0) is 15.9. The van der Waals surface area contributed by atoms with E-state index in [-0.39, 0.29) is 16.5 Å². The summed E-state index contributed by atoms with van der Waals surface area (Å²) in [4.78, 5) is 11.6. The van der Waals surface area contributed by atoms with E-state index in [1.807, 2.05) is 6.92 Å². The second-order valence-electron chi connectivity index (χ2n) is 4.50. The Labute approximate surface area is 130 Å². The number of carbonyl (C=O) groups is 1. The molecule has 0 aliphatic heterocycles. The van der Waals surface area contributed by atoms with Crippen LogP contribution in [0.25, 0.3) is 0 Å². The number of carbonyl (C=O) groups excluding carboxylic acids is 1. The van der Waals surface area contributed by atoms with Gasteiger partial charge in [-0.05, 0) is 37.0 Å². The standard InChI is InChI=1S/C14H21NO4S2/c1-4-20-10-9-11(2)15-21(17,18)13-8-6-5-7-12(13)14(16)19-3/h5-8,11,15H,4,9-10H2,1-3H3. The minimum absolute atomic E-state index is 0.0441. The number of ether oxygens (including phenoxy) is 1. The molecule has 0 bridgehead atoms. The van der Waals surface area contributed by atoms with Crippen molar-refractivity contribution < 1.29 is 17.9 Å². The van der Waals surface area contributed by atoms with Crippen LogP contribution in [-0.4, -0.2) is 39.0 Å². The predicted molar refractivity (Wildman–Crippen MR) is 85.2 cm³/mol. The largest absolute Gasteiger partial charge is 0.465 e. The van der Waals surface area contributed by atoms with Crippen molar-refractivity contribution in [2.75, 3.05) is 18.6 Å². The van der Waals surface area contributed by atoms with Crippen molar-refractivity contribution in [3.63, 3.8) is 0 Å². The zero-order valence-corrected chi connectivity index (χ0v) is 14.1. The number of hydrogen-bond acceptors (Lipinski definition) is 5. The van der Waals surface area contributed by atoms with E-state index < -0.39 is 16.0 Å². The summed E-state index contributed by atoms with van der Waals surface area (Å²) in [7, 11) is -2.52.